The number of carbonyl (C=O) groups excluding carboxylic acids is 1. The number of H-pyrrole nitrogens is 1. The van der Waals surface area contributed by atoms with Crippen LogP contribution in [0.15, 0.2) is 4.79 Å². The number of fused-ring (bicyclic) bond motifs is 1. The van der Waals surface area contributed by atoms with Crippen molar-refractivity contribution in [2.45, 2.75) is 19.9 Å². The number of aryl methyl sites for hydroxylation is 1. The van der Waals surface area contributed by atoms with Crippen LogP contribution < -0.4 is 10.9 Å². The molecule has 2 N–H and O–H groups in total. The summed E-state index contributed by atoms with van der Waals surface area (Å²) in [5, 5.41) is 3.43. The summed E-state index contributed by atoms with van der Waals surface area (Å²) in [7, 11) is 7.83. The molecule has 0 radical (unpaired) electrons. The summed E-state index contributed by atoms with van der Waals surface area (Å²) in [6.45, 7) is 3.88. The van der Waals surface area contributed by atoms with Gasteiger partial charge in [0.25, 0.3) is 11.5 Å². The molecule has 2 aromatic rings. The lowest BCUT2D eigenvalue weighted by atomic mass is 10.2. The third-order valence-electron chi connectivity index (χ3n) is 3.59. The maximum atomic E-state index is 12.4. The van der Waals surface area contributed by atoms with Crippen molar-refractivity contribution >= 4 is 27.5 Å². The molecule has 0 aliphatic heterocycles. The molecule has 8 heteroatoms. The second kappa shape index (κ2) is 7.87. The molecule has 0 saturated carbocycles. The molecular weight excluding hydrogens is 326 g/mol. The zero-order chi connectivity index (χ0) is 17.9. The molecule has 0 saturated heterocycles. The standard InChI is InChI=1S/C16H25N5O2S/c1-10-12-14(22)18-11(9-21(4)5)19-16(12)24-13(10)15(23)17-7-6-8-20(2)3/h6-9H2,1-5H3,(H,17,23)(H,18,19,22). The van der Waals surface area contributed by atoms with Crippen LogP contribution in [0, 0.1) is 6.92 Å². The van der Waals surface area contributed by atoms with Gasteiger partial charge in [0.2, 0.25) is 0 Å². The summed E-state index contributed by atoms with van der Waals surface area (Å²) in [5.74, 6) is 0.472. The Bertz CT molecular complexity index is 779. The zero-order valence-electron chi connectivity index (χ0n) is 14.9. The minimum Gasteiger partial charge on any atom is -0.351 e. The number of rotatable bonds is 7. The highest BCUT2D eigenvalue weighted by molar-refractivity contribution is 7.20. The monoisotopic (exact) mass is 351 g/mol. The number of nitrogens with one attached hydrogen (secondary N) is 2. The normalized spacial score (nSPS) is 11.6. The van der Waals surface area contributed by atoms with Gasteiger partial charge in [-0.1, -0.05) is 0 Å². The lowest BCUT2D eigenvalue weighted by molar-refractivity contribution is 0.0956. The minimum absolute atomic E-state index is 0.136. The molecule has 1 amide bonds. The fourth-order valence-corrected chi connectivity index (χ4v) is 3.57. The summed E-state index contributed by atoms with van der Waals surface area (Å²) in [5.41, 5.74) is 0.516. The molecule has 2 aromatic heterocycles. The van der Waals surface area contributed by atoms with Gasteiger partial charge in [-0.3, -0.25) is 9.59 Å². The second-order valence-corrected chi connectivity index (χ2v) is 7.40. The van der Waals surface area contributed by atoms with Gasteiger partial charge in [0.1, 0.15) is 10.7 Å². The van der Waals surface area contributed by atoms with E-state index in [2.05, 4.69) is 20.2 Å². The Morgan fingerprint density at radius 3 is 2.58 bits per heavy atom. The summed E-state index contributed by atoms with van der Waals surface area (Å²) in [4.78, 5) is 37.2. The third kappa shape index (κ3) is 4.40. The zero-order valence-corrected chi connectivity index (χ0v) is 15.7. The highest BCUT2D eigenvalue weighted by atomic mass is 32.1. The van der Waals surface area contributed by atoms with Crippen LogP contribution >= 0.6 is 11.3 Å². The van der Waals surface area contributed by atoms with Crippen molar-refractivity contribution in [1.82, 2.24) is 25.1 Å². The predicted molar refractivity (Wildman–Crippen MR) is 97.9 cm³/mol. The van der Waals surface area contributed by atoms with Crippen LogP contribution in [0.4, 0.5) is 0 Å². The van der Waals surface area contributed by atoms with Crippen molar-refractivity contribution in [2.75, 3.05) is 41.3 Å². The Balaban J connectivity index is 2.22. The van der Waals surface area contributed by atoms with Crippen molar-refractivity contribution in [3.8, 4) is 0 Å². The number of hydrogen-bond donors (Lipinski definition) is 2. The van der Waals surface area contributed by atoms with Crippen molar-refractivity contribution < 1.29 is 4.79 Å². The van der Waals surface area contributed by atoms with Gasteiger partial charge in [-0.15, -0.1) is 11.3 Å². The Hall–Kier alpha value is -1.77. The summed E-state index contributed by atoms with van der Waals surface area (Å²) >= 11 is 1.28. The molecule has 132 valence electrons. The number of thiophene rings is 1. The number of amides is 1. The summed E-state index contributed by atoms with van der Waals surface area (Å²) in [6, 6.07) is 0. The van der Waals surface area contributed by atoms with Gasteiger partial charge in [-0.05, 0) is 53.6 Å². The molecule has 0 unspecified atom stereocenters. The Morgan fingerprint density at radius 2 is 1.96 bits per heavy atom. The molecule has 2 heterocycles. The number of hydrogen-bond acceptors (Lipinski definition) is 6. The van der Waals surface area contributed by atoms with E-state index in [0.717, 1.165) is 13.0 Å². The van der Waals surface area contributed by atoms with Gasteiger partial charge in [0.05, 0.1) is 16.8 Å². The average molecular weight is 351 g/mol. The lowest BCUT2D eigenvalue weighted by Gasteiger charge is -2.09. The van der Waals surface area contributed by atoms with E-state index in [1.165, 1.54) is 11.3 Å². The molecule has 0 fully saturated rings. The maximum Gasteiger partial charge on any atom is 0.261 e. The molecule has 0 aromatic carbocycles. The van der Waals surface area contributed by atoms with E-state index in [0.29, 0.717) is 39.6 Å². The van der Waals surface area contributed by atoms with Crippen LogP contribution in [0.25, 0.3) is 10.2 Å². The van der Waals surface area contributed by atoms with Crippen molar-refractivity contribution in [3.05, 3.63) is 26.6 Å². The summed E-state index contributed by atoms with van der Waals surface area (Å²) < 4.78 is 0. The first kappa shape index (κ1) is 18.6. The van der Waals surface area contributed by atoms with Gasteiger partial charge in [-0.25, -0.2) is 4.98 Å². The summed E-state index contributed by atoms with van der Waals surface area (Å²) in [6.07, 6.45) is 0.883. The quantitative estimate of drug-likeness (QED) is 0.729. The Labute approximate surface area is 145 Å². The average Bonchev–Trinajstić information content (AvgIpc) is 2.80. The first-order chi connectivity index (χ1) is 11.3. The van der Waals surface area contributed by atoms with E-state index in [1.807, 2.05) is 33.1 Å². The van der Waals surface area contributed by atoms with Crippen LogP contribution in [0.2, 0.25) is 0 Å². The number of nitrogens with zero attached hydrogens (tertiary/aromatic N) is 3. The smallest absolute Gasteiger partial charge is 0.261 e. The van der Waals surface area contributed by atoms with Crippen molar-refractivity contribution in [2.24, 2.45) is 0 Å². The largest absolute Gasteiger partial charge is 0.351 e. The van der Waals surface area contributed by atoms with E-state index < -0.39 is 0 Å². The minimum atomic E-state index is -0.183. The fraction of sp³-hybridized carbons (Fsp3) is 0.562. The molecule has 0 bridgehead atoms. The van der Waals surface area contributed by atoms with Gasteiger partial charge in [-0.2, -0.15) is 0 Å². The van der Waals surface area contributed by atoms with Gasteiger partial charge in [0, 0.05) is 6.54 Å². The highest BCUT2D eigenvalue weighted by Gasteiger charge is 2.19. The fourth-order valence-electron chi connectivity index (χ4n) is 2.46. The van der Waals surface area contributed by atoms with Crippen molar-refractivity contribution in [3.63, 3.8) is 0 Å². The molecule has 24 heavy (non-hydrogen) atoms. The van der Waals surface area contributed by atoms with Crippen LogP contribution in [0.5, 0.6) is 0 Å². The molecule has 2 rings (SSSR count). The number of carbonyl (C=O) groups is 1. The third-order valence-corrected chi connectivity index (χ3v) is 4.77. The second-order valence-electron chi connectivity index (χ2n) is 6.40. The number of aromatic nitrogens is 2. The molecule has 0 spiro atoms. The van der Waals surface area contributed by atoms with E-state index in [4.69, 9.17) is 0 Å². The van der Waals surface area contributed by atoms with E-state index >= 15 is 0 Å². The van der Waals surface area contributed by atoms with E-state index in [9.17, 15) is 9.59 Å². The van der Waals surface area contributed by atoms with E-state index in [1.54, 1.807) is 6.92 Å². The predicted octanol–water partition coefficient (Wildman–Crippen LogP) is 1.04. The van der Waals surface area contributed by atoms with E-state index in [-0.39, 0.29) is 11.5 Å². The molecule has 0 atom stereocenters. The topological polar surface area (TPSA) is 81.3 Å². The lowest BCUT2D eigenvalue weighted by Crippen LogP contribution is -2.27. The van der Waals surface area contributed by atoms with Gasteiger partial charge >= 0.3 is 0 Å². The van der Waals surface area contributed by atoms with Crippen LogP contribution in [0.1, 0.15) is 27.5 Å². The Kier molecular flexibility index (Phi) is 6.09. The number of aromatic amines is 1. The highest BCUT2D eigenvalue weighted by Crippen LogP contribution is 2.26. The van der Waals surface area contributed by atoms with Crippen molar-refractivity contribution in [1.29, 1.82) is 0 Å². The molecule has 0 aliphatic rings. The maximum absolute atomic E-state index is 12.4. The van der Waals surface area contributed by atoms with Crippen LogP contribution in [0.3, 0.4) is 0 Å². The first-order valence-corrected chi connectivity index (χ1v) is 8.71. The Morgan fingerprint density at radius 1 is 1.25 bits per heavy atom. The first-order valence-electron chi connectivity index (χ1n) is 7.89. The molecule has 7 nitrogen and oxygen atoms in total. The van der Waals surface area contributed by atoms with Crippen LogP contribution in [-0.4, -0.2) is 67.0 Å². The van der Waals surface area contributed by atoms with Gasteiger partial charge in [0.15, 0.2) is 0 Å². The molecular formula is C16H25N5O2S. The SMILES string of the molecule is Cc1c(C(=O)NCCCN(C)C)sc2nc(CN(C)C)[nH]c(=O)c12. The van der Waals surface area contributed by atoms with Crippen LogP contribution in [-0.2, 0) is 6.54 Å². The van der Waals surface area contributed by atoms with Gasteiger partial charge < -0.3 is 20.1 Å². The molecule has 0 aliphatic carbocycles.